The van der Waals surface area contributed by atoms with Gasteiger partial charge in [-0.1, -0.05) is 19.9 Å². The minimum absolute atomic E-state index is 0.353. The predicted molar refractivity (Wildman–Crippen MR) is 153 cm³/mol. The molecule has 186 valence electrons. The van der Waals surface area contributed by atoms with E-state index in [1.54, 1.807) is 12.4 Å². The molecule has 0 saturated carbocycles. The van der Waals surface area contributed by atoms with Gasteiger partial charge in [0, 0.05) is 73.2 Å². The first-order valence-corrected chi connectivity index (χ1v) is 12.9. The van der Waals surface area contributed by atoms with Crippen LogP contribution in [0.25, 0.3) is 22.0 Å². The SMILES string of the molecule is CC.Cc1cn(C)c2ccc(-c3cc(N[C@H]4CCN(C5=NCC=CN5)C4)cc4c3CN=CC=N4)cc12. The molecule has 0 radical (unpaired) electrons. The molecule has 1 aromatic heterocycles. The first-order valence-electron chi connectivity index (χ1n) is 12.9. The molecule has 0 unspecified atom stereocenters. The van der Waals surface area contributed by atoms with Gasteiger partial charge in [0.05, 0.1) is 18.8 Å². The van der Waals surface area contributed by atoms with Crippen LogP contribution in [-0.4, -0.2) is 53.5 Å². The zero-order valence-corrected chi connectivity index (χ0v) is 21.6. The number of aromatic nitrogens is 1. The second-order valence-electron chi connectivity index (χ2n) is 9.23. The third kappa shape index (κ3) is 4.65. The van der Waals surface area contributed by atoms with E-state index >= 15 is 0 Å². The molecule has 3 aliphatic heterocycles. The summed E-state index contributed by atoms with van der Waals surface area (Å²) in [6.45, 7) is 9.47. The van der Waals surface area contributed by atoms with Gasteiger partial charge in [-0.25, -0.2) is 4.99 Å². The van der Waals surface area contributed by atoms with Crippen molar-refractivity contribution in [3.05, 3.63) is 59.9 Å². The van der Waals surface area contributed by atoms with E-state index in [9.17, 15) is 0 Å². The number of hydrogen-bond acceptors (Lipinski definition) is 6. The van der Waals surface area contributed by atoms with Gasteiger partial charge in [0.1, 0.15) is 0 Å². The Bertz CT molecular complexity index is 1380. The summed E-state index contributed by atoms with van der Waals surface area (Å²) in [5.41, 5.74) is 8.19. The highest BCUT2D eigenvalue weighted by Gasteiger charge is 2.26. The molecule has 1 atom stereocenters. The summed E-state index contributed by atoms with van der Waals surface area (Å²) in [4.78, 5) is 16.2. The number of nitrogens with one attached hydrogen (secondary N) is 2. The fraction of sp³-hybridized carbons (Fsp3) is 0.345. The van der Waals surface area contributed by atoms with Crippen molar-refractivity contribution in [3.8, 4) is 11.1 Å². The number of benzene rings is 2. The molecule has 0 aliphatic carbocycles. The van der Waals surface area contributed by atoms with E-state index in [4.69, 9.17) is 4.99 Å². The van der Waals surface area contributed by atoms with Crippen LogP contribution in [-0.2, 0) is 13.6 Å². The van der Waals surface area contributed by atoms with Crippen molar-refractivity contribution in [2.24, 2.45) is 22.0 Å². The number of likely N-dealkylation sites (tertiary alicyclic amines) is 1. The molecule has 6 rings (SSSR count). The van der Waals surface area contributed by atoms with Gasteiger partial charge in [-0.05, 0) is 60.4 Å². The molecule has 0 amide bonds. The lowest BCUT2D eigenvalue weighted by Crippen LogP contribution is -2.40. The Labute approximate surface area is 213 Å². The molecule has 2 aromatic carbocycles. The highest BCUT2D eigenvalue weighted by Crippen LogP contribution is 2.38. The van der Waals surface area contributed by atoms with Crippen LogP contribution in [0.5, 0.6) is 0 Å². The summed E-state index contributed by atoms with van der Waals surface area (Å²) >= 11 is 0. The van der Waals surface area contributed by atoms with E-state index in [-0.39, 0.29) is 0 Å². The zero-order chi connectivity index (χ0) is 25.1. The normalized spacial score (nSPS) is 18.3. The molecule has 7 heteroatoms. The van der Waals surface area contributed by atoms with Gasteiger partial charge in [-0.3, -0.25) is 9.98 Å². The van der Waals surface area contributed by atoms with Crippen LogP contribution in [0.3, 0.4) is 0 Å². The number of anilines is 1. The number of hydrogen-bond donors (Lipinski definition) is 2. The van der Waals surface area contributed by atoms with Gasteiger partial charge in [-0.15, -0.1) is 0 Å². The number of aliphatic imine (C=N–C) groups is 3. The average molecular weight is 482 g/mol. The fourth-order valence-corrected chi connectivity index (χ4v) is 5.21. The molecular weight excluding hydrogens is 446 g/mol. The second-order valence-corrected chi connectivity index (χ2v) is 9.23. The summed E-state index contributed by atoms with van der Waals surface area (Å²) in [5.74, 6) is 0.975. The van der Waals surface area contributed by atoms with Crippen LogP contribution in [0, 0.1) is 6.92 Å². The van der Waals surface area contributed by atoms with Crippen LogP contribution in [0.15, 0.2) is 63.8 Å². The summed E-state index contributed by atoms with van der Waals surface area (Å²) in [6, 6.07) is 11.5. The highest BCUT2D eigenvalue weighted by molar-refractivity contribution is 6.17. The van der Waals surface area contributed by atoms with Gasteiger partial charge in [-0.2, -0.15) is 0 Å². The number of rotatable bonds is 3. The maximum atomic E-state index is 4.71. The van der Waals surface area contributed by atoms with Crippen molar-refractivity contribution in [2.45, 2.75) is 39.8 Å². The molecule has 36 heavy (non-hydrogen) atoms. The van der Waals surface area contributed by atoms with Crippen molar-refractivity contribution in [2.75, 3.05) is 25.0 Å². The Morgan fingerprint density at radius 3 is 2.83 bits per heavy atom. The van der Waals surface area contributed by atoms with Crippen molar-refractivity contribution < 1.29 is 0 Å². The Morgan fingerprint density at radius 1 is 1.11 bits per heavy atom. The highest BCUT2D eigenvalue weighted by atomic mass is 15.3. The lowest BCUT2D eigenvalue weighted by molar-refractivity contribution is 0.495. The van der Waals surface area contributed by atoms with Crippen molar-refractivity contribution in [1.82, 2.24) is 14.8 Å². The third-order valence-corrected chi connectivity index (χ3v) is 6.90. The standard InChI is InChI=1S/C27H29N7.C2H6/c1-18-16-33(2)26-5-4-19(12-22(18)26)23-13-21(14-25-24(23)15-28-9-10-29-25)32-20-6-11-34(17-20)27-30-7-3-8-31-27;1-2/h3-5,7,9-10,12-14,16,20,32H,6,8,11,15,17H2,1-2H3,(H,30,31);1-2H3/t20-;/m0./s1. The molecule has 4 heterocycles. The lowest BCUT2D eigenvalue weighted by Gasteiger charge is -2.23. The van der Waals surface area contributed by atoms with Crippen molar-refractivity contribution in [1.29, 1.82) is 0 Å². The van der Waals surface area contributed by atoms with Crippen molar-refractivity contribution in [3.63, 3.8) is 0 Å². The Morgan fingerprint density at radius 2 is 2.00 bits per heavy atom. The van der Waals surface area contributed by atoms with Crippen molar-refractivity contribution >= 4 is 40.7 Å². The number of aryl methyl sites for hydroxylation is 2. The van der Waals surface area contributed by atoms with Gasteiger partial charge in [0.25, 0.3) is 0 Å². The van der Waals surface area contributed by atoms with Crippen LogP contribution >= 0.6 is 0 Å². The van der Waals surface area contributed by atoms with E-state index in [0.29, 0.717) is 12.6 Å². The molecular formula is C29H35N7. The lowest BCUT2D eigenvalue weighted by atomic mass is 9.95. The molecule has 0 bridgehead atoms. The first-order chi connectivity index (χ1) is 17.7. The Balaban J connectivity index is 0.00000130. The van der Waals surface area contributed by atoms with E-state index in [0.717, 1.165) is 43.4 Å². The van der Waals surface area contributed by atoms with E-state index in [1.165, 1.54) is 33.2 Å². The molecule has 0 spiro atoms. The summed E-state index contributed by atoms with van der Waals surface area (Å²) in [5, 5.41) is 8.35. The first kappa shape index (κ1) is 23.9. The summed E-state index contributed by atoms with van der Waals surface area (Å²) in [7, 11) is 2.10. The van der Waals surface area contributed by atoms with Gasteiger partial charge in [0.2, 0.25) is 0 Å². The van der Waals surface area contributed by atoms with Crippen LogP contribution < -0.4 is 10.6 Å². The predicted octanol–water partition coefficient (Wildman–Crippen LogP) is 5.43. The third-order valence-electron chi connectivity index (χ3n) is 6.90. The molecule has 7 nitrogen and oxygen atoms in total. The van der Waals surface area contributed by atoms with Crippen LogP contribution in [0.1, 0.15) is 31.4 Å². The van der Waals surface area contributed by atoms with Crippen LogP contribution in [0.4, 0.5) is 11.4 Å². The monoisotopic (exact) mass is 481 g/mol. The zero-order valence-electron chi connectivity index (χ0n) is 21.6. The molecule has 2 N–H and O–H groups in total. The Kier molecular flexibility index (Phi) is 6.89. The van der Waals surface area contributed by atoms with Gasteiger partial charge >= 0.3 is 0 Å². The smallest absolute Gasteiger partial charge is 0.198 e. The maximum Gasteiger partial charge on any atom is 0.198 e. The number of guanidine groups is 1. The fourth-order valence-electron chi connectivity index (χ4n) is 5.21. The summed E-state index contributed by atoms with van der Waals surface area (Å²) in [6.07, 6.45) is 10.9. The van der Waals surface area contributed by atoms with E-state index in [2.05, 4.69) is 80.6 Å². The van der Waals surface area contributed by atoms with E-state index in [1.807, 2.05) is 26.1 Å². The minimum Gasteiger partial charge on any atom is -0.380 e. The maximum absolute atomic E-state index is 4.71. The Hall–Kier alpha value is -3.87. The van der Waals surface area contributed by atoms with Crippen LogP contribution in [0.2, 0.25) is 0 Å². The quantitative estimate of drug-likeness (QED) is 0.524. The summed E-state index contributed by atoms with van der Waals surface area (Å²) < 4.78 is 2.19. The topological polar surface area (TPSA) is 69.3 Å². The molecule has 1 saturated heterocycles. The largest absolute Gasteiger partial charge is 0.380 e. The minimum atomic E-state index is 0.353. The average Bonchev–Trinajstić information content (AvgIpc) is 3.40. The molecule has 3 aromatic rings. The van der Waals surface area contributed by atoms with Gasteiger partial charge < -0.3 is 20.1 Å². The molecule has 3 aliphatic rings. The second kappa shape index (κ2) is 10.4. The number of fused-ring (bicyclic) bond motifs is 2. The molecule has 1 fully saturated rings. The van der Waals surface area contributed by atoms with E-state index < -0.39 is 0 Å². The van der Waals surface area contributed by atoms with Gasteiger partial charge in [0.15, 0.2) is 5.96 Å². The number of nitrogens with zero attached hydrogens (tertiary/aromatic N) is 5.